The van der Waals surface area contributed by atoms with E-state index in [1.807, 2.05) is 0 Å². The minimum atomic E-state index is -4.99. The molecule has 1 aliphatic heterocycles. The van der Waals surface area contributed by atoms with E-state index < -0.39 is 35.9 Å². The summed E-state index contributed by atoms with van der Waals surface area (Å²) in [7, 11) is 0. The highest BCUT2D eigenvalue weighted by Gasteiger charge is 2.37. The predicted molar refractivity (Wildman–Crippen MR) is 114 cm³/mol. The highest BCUT2D eigenvalue weighted by atomic mass is 35.5. The van der Waals surface area contributed by atoms with Gasteiger partial charge in [-0.15, -0.1) is 5.10 Å². The van der Waals surface area contributed by atoms with Gasteiger partial charge in [-0.2, -0.15) is 26.3 Å². The van der Waals surface area contributed by atoms with E-state index in [0.29, 0.717) is 36.5 Å². The maximum atomic E-state index is 13.2. The van der Waals surface area contributed by atoms with Crippen LogP contribution >= 0.6 is 11.6 Å². The van der Waals surface area contributed by atoms with E-state index >= 15 is 0 Å². The number of carbonyl (C=O) groups is 1. The molecule has 1 fully saturated rings. The van der Waals surface area contributed by atoms with Crippen LogP contribution in [-0.4, -0.2) is 32.3 Å². The van der Waals surface area contributed by atoms with Crippen LogP contribution in [0, 0.1) is 0 Å². The average molecular weight is 518 g/mol. The first-order chi connectivity index (χ1) is 16.4. The number of likely N-dealkylation sites (tertiary alicyclic amines) is 1. The molecule has 2 N–H and O–H groups in total. The topological polar surface area (TPSA) is 77.0 Å². The molecule has 2 heterocycles. The lowest BCUT2D eigenvalue weighted by Crippen LogP contribution is -2.31. The molecule has 2 aromatic carbocycles. The Morgan fingerprint density at radius 1 is 1.06 bits per heavy atom. The number of anilines is 1. The van der Waals surface area contributed by atoms with Gasteiger partial charge in [0.1, 0.15) is 0 Å². The van der Waals surface area contributed by atoms with Crippen LogP contribution in [0.5, 0.6) is 0 Å². The van der Waals surface area contributed by atoms with Crippen LogP contribution in [0.2, 0.25) is 5.02 Å². The second kappa shape index (κ2) is 9.06. The molecule has 1 amide bonds. The monoisotopic (exact) mass is 517 g/mol. The highest BCUT2D eigenvalue weighted by molar-refractivity contribution is 6.31. The zero-order valence-corrected chi connectivity index (χ0v) is 18.6. The third kappa shape index (κ3) is 5.07. The molecule has 0 spiro atoms. The van der Waals surface area contributed by atoms with Gasteiger partial charge in [0.2, 0.25) is 0 Å². The minimum Gasteiger partial charge on any atom is -0.382 e. The van der Waals surface area contributed by atoms with Gasteiger partial charge in [-0.3, -0.25) is 4.79 Å². The molecule has 0 aliphatic carbocycles. The smallest absolute Gasteiger partial charge is 0.382 e. The summed E-state index contributed by atoms with van der Waals surface area (Å²) in [6, 6.07) is 7.89. The Kier molecular flexibility index (Phi) is 6.43. The molecule has 1 atom stereocenters. The lowest BCUT2D eigenvalue weighted by atomic mass is 10.0. The third-order valence-corrected chi connectivity index (χ3v) is 6.08. The zero-order chi connectivity index (χ0) is 25.5. The molecule has 0 saturated carbocycles. The van der Waals surface area contributed by atoms with Crippen LogP contribution in [-0.2, 0) is 18.9 Å². The van der Waals surface area contributed by atoms with Crippen LogP contribution in [0.3, 0.4) is 0 Å². The van der Waals surface area contributed by atoms with E-state index in [9.17, 15) is 31.1 Å². The van der Waals surface area contributed by atoms with Crippen molar-refractivity contribution in [3.05, 3.63) is 75.4 Å². The van der Waals surface area contributed by atoms with Crippen molar-refractivity contribution in [3.63, 3.8) is 0 Å². The molecule has 1 aromatic heterocycles. The molecule has 0 bridgehead atoms. The van der Waals surface area contributed by atoms with Crippen molar-refractivity contribution < 1.29 is 31.1 Å². The van der Waals surface area contributed by atoms with Gasteiger partial charge in [0.15, 0.2) is 11.5 Å². The molecule has 186 valence electrons. The fourth-order valence-electron chi connectivity index (χ4n) is 4.09. The summed E-state index contributed by atoms with van der Waals surface area (Å²) in [5, 5.41) is 7.96. The van der Waals surface area contributed by atoms with Gasteiger partial charge in [0, 0.05) is 11.6 Å². The van der Waals surface area contributed by atoms with Crippen molar-refractivity contribution >= 4 is 23.3 Å². The SMILES string of the molecule is Nc1c(C(=O)N2CCCC2c2ccccc2Cl)nnn1Cc1cc(C(F)(F)F)cc(C(F)(F)F)c1. The average Bonchev–Trinajstić information content (AvgIpc) is 3.40. The Bertz CT molecular complexity index is 1220. The van der Waals surface area contributed by atoms with Gasteiger partial charge >= 0.3 is 12.4 Å². The second-order valence-electron chi connectivity index (χ2n) is 8.07. The Balaban J connectivity index is 1.62. The fourth-order valence-corrected chi connectivity index (χ4v) is 4.35. The normalized spacial score (nSPS) is 16.7. The van der Waals surface area contributed by atoms with Crippen molar-refractivity contribution in [2.24, 2.45) is 0 Å². The van der Waals surface area contributed by atoms with Crippen molar-refractivity contribution in [2.75, 3.05) is 12.3 Å². The van der Waals surface area contributed by atoms with Crippen LogP contribution < -0.4 is 5.73 Å². The number of rotatable bonds is 4. The number of amides is 1. The molecular formula is C22H18ClF6N5O. The van der Waals surface area contributed by atoms with Crippen LogP contribution in [0.15, 0.2) is 42.5 Å². The standard InChI is InChI=1S/C22H18ClF6N5O/c23-16-5-2-1-4-15(16)17-6-3-7-33(17)20(35)18-19(30)34(32-31-18)11-12-8-13(21(24,25)26)10-14(9-12)22(27,28)29/h1-2,4-5,8-10,17H,3,6-7,11,30H2. The summed E-state index contributed by atoms with van der Waals surface area (Å²) < 4.78 is 79.8. The van der Waals surface area contributed by atoms with E-state index in [4.69, 9.17) is 17.3 Å². The number of nitrogens with zero attached hydrogens (tertiary/aromatic N) is 4. The number of nitrogens with two attached hydrogens (primary N) is 1. The van der Waals surface area contributed by atoms with Crippen molar-refractivity contribution in [2.45, 2.75) is 37.8 Å². The zero-order valence-electron chi connectivity index (χ0n) is 17.9. The summed E-state index contributed by atoms with van der Waals surface area (Å²) in [6.07, 6.45) is -8.64. The molecule has 1 unspecified atom stereocenters. The third-order valence-electron chi connectivity index (χ3n) is 5.73. The molecule has 4 rings (SSSR count). The van der Waals surface area contributed by atoms with E-state index in [0.717, 1.165) is 10.2 Å². The van der Waals surface area contributed by atoms with E-state index in [1.165, 1.54) is 4.90 Å². The molecular weight excluding hydrogens is 500 g/mol. The summed E-state index contributed by atoms with van der Waals surface area (Å²) >= 11 is 6.28. The van der Waals surface area contributed by atoms with Gasteiger partial charge in [-0.25, -0.2) is 4.68 Å². The van der Waals surface area contributed by atoms with Gasteiger partial charge in [0.05, 0.1) is 23.7 Å². The molecule has 1 aliphatic rings. The van der Waals surface area contributed by atoms with Crippen LogP contribution in [0.25, 0.3) is 0 Å². The number of nitrogen functional groups attached to an aromatic ring is 1. The van der Waals surface area contributed by atoms with Crippen LogP contribution in [0.1, 0.15) is 51.6 Å². The van der Waals surface area contributed by atoms with E-state index in [-0.39, 0.29) is 29.2 Å². The van der Waals surface area contributed by atoms with E-state index in [2.05, 4.69) is 10.3 Å². The van der Waals surface area contributed by atoms with Crippen molar-refractivity contribution in [1.82, 2.24) is 19.9 Å². The molecule has 3 aromatic rings. The number of hydrogen-bond donors (Lipinski definition) is 1. The maximum Gasteiger partial charge on any atom is 0.416 e. The Morgan fingerprint density at radius 3 is 2.29 bits per heavy atom. The van der Waals surface area contributed by atoms with E-state index in [1.54, 1.807) is 24.3 Å². The van der Waals surface area contributed by atoms with Gasteiger partial charge < -0.3 is 10.6 Å². The predicted octanol–water partition coefficient (Wildman–Crippen LogP) is 5.58. The summed E-state index contributed by atoms with van der Waals surface area (Å²) in [5.41, 5.74) is 3.23. The molecule has 13 heteroatoms. The Morgan fingerprint density at radius 2 is 1.69 bits per heavy atom. The summed E-state index contributed by atoms with van der Waals surface area (Å²) in [6.45, 7) is -0.156. The van der Waals surface area contributed by atoms with Crippen molar-refractivity contribution in [3.8, 4) is 0 Å². The van der Waals surface area contributed by atoms with Gasteiger partial charge in [-0.05, 0) is 48.2 Å². The largest absolute Gasteiger partial charge is 0.416 e. The number of benzene rings is 2. The summed E-state index contributed by atoms with van der Waals surface area (Å²) in [4.78, 5) is 14.7. The first-order valence-corrected chi connectivity index (χ1v) is 10.8. The first kappa shape index (κ1) is 24.8. The second-order valence-corrected chi connectivity index (χ2v) is 8.48. The number of carbonyl (C=O) groups excluding carboxylic acids is 1. The van der Waals surface area contributed by atoms with Crippen molar-refractivity contribution in [1.29, 1.82) is 0 Å². The number of aromatic nitrogens is 3. The molecule has 1 saturated heterocycles. The minimum absolute atomic E-state index is 0.0331. The Hall–Kier alpha value is -3.28. The van der Waals surface area contributed by atoms with Gasteiger partial charge in [-0.1, -0.05) is 35.0 Å². The fraction of sp³-hybridized carbons (Fsp3) is 0.318. The number of alkyl halides is 6. The summed E-state index contributed by atoms with van der Waals surface area (Å²) in [5.74, 6) is -0.832. The molecule has 35 heavy (non-hydrogen) atoms. The number of hydrogen-bond acceptors (Lipinski definition) is 4. The quantitative estimate of drug-likeness (QED) is 0.459. The van der Waals surface area contributed by atoms with Gasteiger partial charge in [0.25, 0.3) is 5.91 Å². The molecule has 0 radical (unpaired) electrons. The maximum absolute atomic E-state index is 13.2. The lowest BCUT2D eigenvalue weighted by molar-refractivity contribution is -0.143. The van der Waals surface area contributed by atoms with Crippen LogP contribution in [0.4, 0.5) is 32.2 Å². The highest BCUT2D eigenvalue weighted by Crippen LogP contribution is 2.38. The Labute approximate surface area is 200 Å². The number of halogens is 7. The lowest BCUT2D eigenvalue weighted by Gasteiger charge is -2.25. The molecule has 6 nitrogen and oxygen atoms in total. The first-order valence-electron chi connectivity index (χ1n) is 10.4.